The summed E-state index contributed by atoms with van der Waals surface area (Å²) >= 11 is 0. The lowest BCUT2D eigenvalue weighted by molar-refractivity contribution is 0.140. The van der Waals surface area contributed by atoms with Gasteiger partial charge in [0.1, 0.15) is 5.82 Å². The van der Waals surface area contributed by atoms with Crippen molar-refractivity contribution in [2.24, 2.45) is 0 Å². The van der Waals surface area contributed by atoms with Crippen LogP contribution < -0.4 is 0 Å². The molecule has 0 unspecified atom stereocenters. The second-order valence-corrected chi connectivity index (χ2v) is 5.09. The monoisotopic (exact) mass is 280 g/mol. The summed E-state index contributed by atoms with van der Waals surface area (Å²) in [5.41, 5.74) is 4.62. The number of hydrogen-bond donors (Lipinski definition) is 0. The highest BCUT2D eigenvalue weighted by Gasteiger charge is 2.13. The summed E-state index contributed by atoms with van der Waals surface area (Å²) in [7, 11) is 0. The summed E-state index contributed by atoms with van der Waals surface area (Å²) in [6, 6.07) is 16.7. The van der Waals surface area contributed by atoms with Gasteiger partial charge in [-0.2, -0.15) is 0 Å². The van der Waals surface area contributed by atoms with Crippen molar-refractivity contribution < 1.29 is 4.74 Å². The summed E-state index contributed by atoms with van der Waals surface area (Å²) in [6.45, 7) is 6.41. The second kappa shape index (κ2) is 6.10. The predicted molar refractivity (Wildman–Crippen MR) is 86.4 cm³/mol. The third kappa shape index (κ3) is 2.69. The highest BCUT2D eigenvalue weighted by molar-refractivity contribution is 5.81. The highest BCUT2D eigenvalue weighted by Crippen LogP contribution is 2.27. The first kappa shape index (κ1) is 13.8. The van der Waals surface area contributed by atoms with Crippen LogP contribution in [0.4, 0.5) is 0 Å². The maximum atomic E-state index is 5.53. The molecule has 0 saturated heterocycles. The van der Waals surface area contributed by atoms with Crippen molar-refractivity contribution in [2.75, 3.05) is 13.2 Å². The molecule has 0 bridgehead atoms. The van der Waals surface area contributed by atoms with E-state index in [2.05, 4.69) is 54.0 Å². The minimum Gasteiger partial charge on any atom is -0.380 e. The number of ether oxygens (including phenoxy) is 1. The van der Waals surface area contributed by atoms with Gasteiger partial charge < -0.3 is 9.30 Å². The number of para-hydroxylation sites is 2. The topological polar surface area (TPSA) is 27.1 Å². The van der Waals surface area contributed by atoms with Gasteiger partial charge in [0.2, 0.25) is 0 Å². The van der Waals surface area contributed by atoms with E-state index >= 15 is 0 Å². The number of hydrogen-bond acceptors (Lipinski definition) is 2. The van der Waals surface area contributed by atoms with Crippen LogP contribution in [-0.2, 0) is 11.3 Å². The summed E-state index contributed by atoms with van der Waals surface area (Å²) < 4.78 is 7.79. The van der Waals surface area contributed by atoms with Gasteiger partial charge >= 0.3 is 0 Å². The zero-order chi connectivity index (χ0) is 14.7. The second-order valence-electron chi connectivity index (χ2n) is 5.09. The van der Waals surface area contributed by atoms with Crippen LogP contribution in [-0.4, -0.2) is 22.8 Å². The van der Waals surface area contributed by atoms with E-state index in [1.54, 1.807) is 0 Å². The van der Waals surface area contributed by atoms with E-state index in [0.29, 0.717) is 6.61 Å². The third-order valence-corrected chi connectivity index (χ3v) is 3.70. The lowest BCUT2D eigenvalue weighted by Gasteiger charge is -2.11. The molecule has 1 heterocycles. The molecule has 3 nitrogen and oxygen atoms in total. The Balaban J connectivity index is 2.12. The number of aryl methyl sites for hydroxylation is 1. The molecule has 0 spiro atoms. The maximum Gasteiger partial charge on any atom is 0.141 e. The van der Waals surface area contributed by atoms with Gasteiger partial charge in [-0.05, 0) is 31.5 Å². The fourth-order valence-electron chi connectivity index (χ4n) is 2.63. The van der Waals surface area contributed by atoms with E-state index in [4.69, 9.17) is 9.72 Å². The number of nitrogens with zero attached hydrogens (tertiary/aromatic N) is 2. The SMILES string of the molecule is CCOCCn1c(-c2ccccc2C)nc2ccccc21. The molecule has 3 rings (SSSR count). The Bertz CT molecular complexity index is 746. The minimum absolute atomic E-state index is 0.704. The van der Waals surface area contributed by atoms with Crippen molar-refractivity contribution in [3.63, 3.8) is 0 Å². The van der Waals surface area contributed by atoms with Gasteiger partial charge in [0.05, 0.1) is 17.6 Å². The van der Waals surface area contributed by atoms with Crippen molar-refractivity contribution in [2.45, 2.75) is 20.4 Å². The first-order chi connectivity index (χ1) is 10.3. The molecule has 21 heavy (non-hydrogen) atoms. The van der Waals surface area contributed by atoms with Crippen molar-refractivity contribution in [1.82, 2.24) is 9.55 Å². The smallest absolute Gasteiger partial charge is 0.141 e. The number of imidazole rings is 1. The van der Waals surface area contributed by atoms with E-state index in [-0.39, 0.29) is 0 Å². The molecule has 1 aromatic heterocycles. The number of rotatable bonds is 5. The summed E-state index contributed by atoms with van der Waals surface area (Å²) in [5, 5.41) is 0. The van der Waals surface area contributed by atoms with Gasteiger partial charge in [-0.1, -0.05) is 36.4 Å². The zero-order valence-electron chi connectivity index (χ0n) is 12.5. The lowest BCUT2D eigenvalue weighted by Crippen LogP contribution is -2.07. The van der Waals surface area contributed by atoms with E-state index in [1.165, 1.54) is 11.1 Å². The molecule has 0 atom stereocenters. The average molecular weight is 280 g/mol. The molecule has 3 aromatic rings. The first-order valence-corrected chi connectivity index (χ1v) is 7.40. The summed E-state index contributed by atoms with van der Waals surface area (Å²) in [4.78, 5) is 4.83. The maximum absolute atomic E-state index is 5.53. The molecular weight excluding hydrogens is 260 g/mol. The Morgan fingerprint density at radius 1 is 1.05 bits per heavy atom. The van der Waals surface area contributed by atoms with Crippen LogP contribution in [0.25, 0.3) is 22.4 Å². The Labute approximate surface area is 125 Å². The van der Waals surface area contributed by atoms with Crippen molar-refractivity contribution in [3.05, 3.63) is 54.1 Å². The van der Waals surface area contributed by atoms with Crippen molar-refractivity contribution in [3.8, 4) is 11.4 Å². The molecule has 108 valence electrons. The molecule has 0 aliphatic carbocycles. The van der Waals surface area contributed by atoms with Crippen molar-refractivity contribution >= 4 is 11.0 Å². The van der Waals surface area contributed by atoms with Gasteiger partial charge in [0.15, 0.2) is 0 Å². The Morgan fingerprint density at radius 3 is 2.62 bits per heavy atom. The van der Waals surface area contributed by atoms with E-state index in [9.17, 15) is 0 Å². The van der Waals surface area contributed by atoms with Crippen LogP contribution >= 0.6 is 0 Å². The Kier molecular flexibility index (Phi) is 4.02. The molecule has 0 amide bonds. The number of fused-ring (bicyclic) bond motifs is 1. The van der Waals surface area contributed by atoms with Crippen LogP contribution in [0.2, 0.25) is 0 Å². The normalized spacial score (nSPS) is 11.1. The molecule has 2 aromatic carbocycles. The number of benzene rings is 2. The van der Waals surface area contributed by atoms with Crippen molar-refractivity contribution in [1.29, 1.82) is 0 Å². The zero-order valence-corrected chi connectivity index (χ0v) is 12.5. The van der Waals surface area contributed by atoms with Crippen LogP contribution in [0.15, 0.2) is 48.5 Å². The standard InChI is InChI=1S/C18H20N2O/c1-3-21-13-12-20-17-11-7-6-10-16(17)19-18(20)15-9-5-4-8-14(15)2/h4-11H,3,12-13H2,1-2H3. The van der Waals surface area contributed by atoms with Crippen LogP contribution in [0, 0.1) is 6.92 Å². The summed E-state index contributed by atoms with van der Waals surface area (Å²) in [6.07, 6.45) is 0. The van der Waals surface area contributed by atoms with Gasteiger partial charge in [0.25, 0.3) is 0 Å². The van der Waals surface area contributed by atoms with E-state index in [1.807, 2.05) is 13.0 Å². The number of aromatic nitrogens is 2. The fourth-order valence-corrected chi connectivity index (χ4v) is 2.63. The van der Waals surface area contributed by atoms with Crippen LogP contribution in [0.1, 0.15) is 12.5 Å². The first-order valence-electron chi connectivity index (χ1n) is 7.40. The Morgan fingerprint density at radius 2 is 1.81 bits per heavy atom. The molecule has 0 N–H and O–H groups in total. The lowest BCUT2D eigenvalue weighted by atomic mass is 10.1. The van der Waals surface area contributed by atoms with E-state index < -0.39 is 0 Å². The van der Waals surface area contributed by atoms with Crippen LogP contribution in [0.3, 0.4) is 0 Å². The Hall–Kier alpha value is -2.13. The average Bonchev–Trinajstić information content (AvgIpc) is 2.87. The largest absolute Gasteiger partial charge is 0.380 e. The highest BCUT2D eigenvalue weighted by atomic mass is 16.5. The predicted octanol–water partition coefficient (Wildman–Crippen LogP) is 4.05. The molecule has 0 aliphatic heterocycles. The quantitative estimate of drug-likeness (QED) is 0.659. The van der Waals surface area contributed by atoms with Crippen LogP contribution in [0.5, 0.6) is 0 Å². The van der Waals surface area contributed by atoms with E-state index in [0.717, 1.165) is 30.0 Å². The molecular formula is C18H20N2O. The van der Waals surface area contributed by atoms with Gasteiger partial charge in [-0.25, -0.2) is 4.98 Å². The van der Waals surface area contributed by atoms with Gasteiger partial charge in [0, 0.05) is 18.7 Å². The molecule has 0 radical (unpaired) electrons. The molecule has 0 aliphatic rings. The molecule has 0 fully saturated rings. The molecule has 0 saturated carbocycles. The third-order valence-electron chi connectivity index (χ3n) is 3.70. The minimum atomic E-state index is 0.704. The van der Waals surface area contributed by atoms with Gasteiger partial charge in [-0.15, -0.1) is 0 Å². The summed E-state index contributed by atoms with van der Waals surface area (Å²) in [5.74, 6) is 1.02. The fraction of sp³-hybridized carbons (Fsp3) is 0.278. The van der Waals surface area contributed by atoms with Gasteiger partial charge in [-0.3, -0.25) is 0 Å². The molecule has 3 heteroatoms.